The maximum absolute atomic E-state index is 6.37. The molecule has 0 spiro atoms. The van der Waals surface area contributed by atoms with Gasteiger partial charge in [0.15, 0.2) is 0 Å². The molecule has 0 aliphatic heterocycles. The lowest BCUT2D eigenvalue weighted by molar-refractivity contribution is 0.670. The molecule has 0 fully saturated rings. The topological polar surface area (TPSA) is 37.2 Å². The number of nitrogens with one attached hydrogen (secondary N) is 2. The quantitative estimate of drug-likeness (QED) is 0.289. The molecule has 0 aliphatic rings. The second-order valence-electron chi connectivity index (χ2n) is 8.06. The lowest BCUT2D eigenvalue weighted by atomic mass is 10.0. The first kappa shape index (κ1) is 19.2. The zero-order valence-electron chi connectivity index (χ0n) is 18.0. The fraction of sp³-hybridized carbons (Fsp3) is 0. The molecule has 6 rings (SSSR count). The number of hydrogen-bond acceptors (Lipinski definition) is 3. The van der Waals surface area contributed by atoms with E-state index in [-0.39, 0.29) is 0 Å². The Morgan fingerprint density at radius 1 is 0.455 bits per heavy atom. The van der Waals surface area contributed by atoms with Gasteiger partial charge in [-0.1, -0.05) is 72.8 Å². The van der Waals surface area contributed by atoms with E-state index in [0.29, 0.717) is 0 Å². The predicted molar refractivity (Wildman–Crippen MR) is 139 cm³/mol. The van der Waals surface area contributed by atoms with Crippen molar-refractivity contribution in [3.05, 3.63) is 121 Å². The minimum atomic E-state index is 0.872. The standard InChI is InChI=1S/C30H22N2O/c1-3-9-21(10-4-1)26-15-8-16-28-27-18-17-25(20-29(27)33-30(26)28)32-24-14-7-13-23(19-24)31-22-11-5-2-6-12-22/h1-20,31-32H. The van der Waals surface area contributed by atoms with Gasteiger partial charge in [-0.05, 0) is 48.0 Å². The van der Waals surface area contributed by atoms with E-state index in [4.69, 9.17) is 4.42 Å². The Morgan fingerprint density at radius 3 is 1.88 bits per heavy atom. The van der Waals surface area contributed by atoms with Crippen LogP contribution in [0.1, 0.15) is 0 Å². The van der Waals surface area contributed by atoms with Gasteiger partial charge in [0.05, 0.1) is 0 Å². The molecule has 158 valence electrons. The molecule has 6 aromatic rings. The van der Waals surface area contributed by atoms with Crippen LogP contribution < -0.4 is 10.6 Å². The minimum Gasteiger partial charge on any atom is -0.455 e. The van der Waals surface area contributed by atoms with Crippen LogP contribution in [0.25, 0.3) is 33.1 Å². The maximum Gasteiger partial charge on any atom is 0.143 e. The summed E-state index contributed by atoms with van der Waals surface area (Å²) in [6.45, 7) is 0. The molecule has 0 atom stereocenters. The highest BCUT2D eigenvalue weighted by atomic mass is 16.3. The van der Waals surface area contributed by atoms with E-state index >= 15 is 0 Å². The number of hydrogen-bond donors (Lipinski definition) is 2. The molecule has 5 aromatic carbocycles. The summed E-state index contributed by atoms with van der Waals surface area (Å²) in [5.41, 5.74) is 8.15. The molecule has 0 amide bonds. The first-order chi connectivity index (χ1) is 16.3. The van der Waals surface area contributed by atoms with E-state index in [9.17, 15) is 0 Å². The van der Waals surface area contributed by atoms with Crippen LogP contribution in [0.4, 0.5) is 22.7 Å². The molecule has 1 aromatic heterocycles. The lowest BCUT2D eigenvalue weighted by Gasteiger charge is -2.10. The van der Waals surface area contributed by atoms with Crippen molar-refractivity contribution < 1.29 is 4.42 Å². The van der Waals surface area contributed by atoms with Gasteiger partial charge in [-0.2, -0.15) is 0 Å². The zero-order valence-corrected chi connectivity index (χ0v) is 18.0. The van der Waals surface area contributed by atoms with Crippen LogP contribution in [-0.2, 0) is 0 Å². The number of benzene rings is 5. The molecule has 33 heavy (non-hydrogen) atoms. The summed E-state index contributed by atoms with van der Waals surface area (Å²) in [5.74, 6) is 0. The third-order valence-corrected chi connectivity index (χ3v) is 5.80. The fourth-order valence-electron chi connectivity index (χ4n) is 4.25. The van der Waals surface area contributed by atoms with Crippen LogP contribution >= 0.6 is 0 Å². The van der Waals surface area contributed by atoms with Gasteiger partial charge in [0.2, 0.25) is 0 Å². The first-order valence-corrected chi connectivity index (χ1v) is 11.0. The second kappa shape index (κ2) is 8.21. The smallest absolute Gasteiger partial charge is 0.143 e. The van der Waals surface area contributed by atoms with E-state index in [2.05, 4.69) is 102 Å². The number of rotatable bonds is 5. The summed E-state index contributed by atoms with van der Waals surface area (Å²) in [6.07, 6.45) is 0. The average molecular weight is 427 g/mol. The Bertz CT molecular complexity index is 1550. The number of fused-ring (bicyclic) bond motifs is 3. The van der Waals surface area contributed by atoms with Gasteiger partial charge in [-0.25, -0.2) is 0 Å². The van der Waals surface area contributed by atoms with Gasteiger partial charge in [-0.3, -0.25) is 0 Å². The third kappa shape index (κ3) is 3.81. The molecule has 3 heteroatoms. The molecule has 0 radical (unpaired) electrons. The summed E-state index contributed by atoms with van der Waals surface area (Å²) in [7, 11) is 0. The van der Waals surface area contributed by atoms with Crippen molar-refractivity contribution in [3.8, 4) is 11.1 Å². The number of anilines is 4. The lowest BCUT2D eigenvalue weighted by Crippen LogP contribution is -1.93. The third-order valence-electron chi connectivity index (χ3n) is 5.80. The number of furan rings is 1. The highest BCUT2D eigenvalue weighted by molar-refractivity contribution is 6.10. The van der Waals surface area contributed by atoms with E-state index < -0.39 is 0 Å². The van der Waals surface area contributed by atoms with Crippen LogP contribution in [0, 0.1) is 0 Å². The Morgan fingerprint density at radius 2 is 1.09 bits per heavy atom. The van der Waals surface area contributed by atoms with Crippen LogP contribution in [-0.4, -0.2) is 0 Å². The van der Waals surface area contributed by atoms with Gasteiger partial charge in [0.1, 0.15) is 11.2 Å². The summed E-state index contributed by atoms with van der Waals surface area (Å²) >= 11 is 0. The molecular weight excluding hydrogens is 404 g/mol. The van der Waals surface area contributed by atoms with E-state index in [1.54, 1.807) is 0 Å². The normalized spacial score (nSPS) is 11.0. The van der Waals surface area contributed by atoms with Gasteiger partial charge >= 0.3 is 0 Å². The van der Waals surface area contributed by atoms with E-state index in [0.717, 1.165) is 55.8 Å². The zero-order chi connectivity index (χ0) is 22.0. The first-order valence-electron chi connectivity index (χ1n) is 11.0. The Balaban J connectivity index is 1.33. The van der Waals surface area contributed by atoms with Gasteiger partial charge in [0.25, 0.3) is 0 Å². The Kier molecular flexibility index (Phi) is 4.78. The van der Waals surface area contributed by atoms with Crippen LogP contribution in [0.3, 0.4) is 0 Å². The van der Waals surface area contributed by atoms with Crippen LogP contribution in [0.2, 0.25) is 0 Å². The second-order valence-corrected chi connectivity index (χ2v) is 8.06. The minimum absolute atomic E-state index is 0.872. The highest BCUT2D eigenvalue weighted by Crippen LogP contribution is 2.37. The van der Waals surface area contributed by atoms with E-state index in [1.165, 1.54) is 0 Å². The van der Waals surface area contributed by atoms with Crippen molar-refractivity contribution in [1.29, 1.82) is 0 Å². The molecule has 0 bridgehead atoms. The number of para-hydroxylation sites is 2. The fourth-order valence-corrected chi connectivity index (χ4v) is 4.25. The summed E-state index contributed by atoms with van der Waals surface area (Å²) in [5, 5.41) is 9.20. The van der Waals surface area contributed by atoms with Crippen molar-refractivity contribution >= 4 is 44.7 Å². The SMILES string of the molecule is c1ccc(Nc2cccc(Nc3ccc4c(c3)oc3c(-c5ccccc5)cccc34)c2)cc1. The molecule has 1 heterocycles. The average Bonchev–Trinajstić information content (AvgIpc) is 3.23. The Labute approximate surface area is 192 Å². The van der Waals surface area contributed by atoms with Crippen molar-refractivity contribution in [1.82, 2.24) is 0 Å². The molecule has 0 unspecified atom stereocenters. The maximum atomic E-state index is 6.37. The monoisotopic (exact) mass is 426 g/mol. The van der Waals surface area contributed by atoms with Crippen LogP contribution in [0.5, 0.6) is 0 Å². The summed E-state index contributed by atoms with van der Waals surface area (Å²) in [4.78, 5) is 0. The van der Waals surface area contributed by atoms with Crippen molar-refractivity contribution in [2.24, 2.45) is 0 Å². The van der Waals surface area contributed by atoms with Crippen LogP contribution in [0.15, 0.2) is 126 Å². The highest BCUT2D eigenvalue weighted by Gasteiger charge is 2.12. The van der Waals surface area contributed by atoms with E-state index in [1.807, 2.05) is 30.3 Å². The van der Waals surface area contributed by atoms with Crippen molar-refractivity contribution in [2.45, 2.75) is 0 Å². The molecule has 0 saturated heterocycles. The molecule has 3 nitrogen and oxygen atoms in total. The molecule has 2 N–H and O–H groups in total. The summed E-state index contributed by atoms with van der Waals surface area (Å²) < 4.78 is 6.37. The Hall–Kier alpha value is -4.50. The van der Waals surface area contributed by atoms with Crippen molar-refractivity contribution in [3.63, 3.8) is 0 Å². The molecule has 0 saturated carbocycles. The largest absolute Gasteiger partial charge is 0.455 e. The van der Waals surface area contributed by atoms with Gasteiger partial charge in [0, 0.05) is 45.2 Å². The van der Waals surface area contributed by atoms with Gasteiger partial charge < -0.3 is 15.1 Å². The van der Waals surface area contributed by atoms with Crippen molar-refractivity contribution in [2.75, 3.05) is 10.6 Å². The van der Waals surface area contributed by atoms with Gasteiger partial charge in [-0.15, -0.1) is 0 Å². The predicted octanol–water partition coefficient (Wildman–Crippen LogP) is 8.74. The summed E-state index contributed by atoms with van der Waals surface area (Å²) in [6, 6.07) is 41.4. The molecule has 0 aliphatic carbocycles. The molecular formula is C30H22N2O.